The molecule has 2 aromatic rings. The Morgan fingerprint density at radius 1 is 1.45 bits per heavy atom. The van der Waals surface area contributed by atoms with Gasteiger partial charge in [-0.3, -0.25) is 14.4 Å². The van der Waals surface area contributed by atoms with Gasteiger partial charge in [0.15, 0.2) is 0 Å². The second-order valence-corrected chi connectivity index (χ2v) is 6.39. The first-order valence-electron chi connectivity index (χ1n) is 6.91. The van der Waals surface area contributed by atoms with Crippen molar-refractivity contribution in [1.29, 1.82) is 0 Å². The van der Waals surface area contributed by atoms with E-state index in [4.69, 9.17) is 5.11 Å². The quantitative estimate of drug-likeness (QED) is 0.876. The molecule has 0 radical (unpaired) electrons. The lowest BCUT2D eigenvalue weighted by Gasteiger charge is -2.34. The lowest BCUT2D eigenvalue weighted by molar-refractivity contribution is -0.156. The fourth-order valence-corrected chi connectivity index (χ4v) is 3.40. The number of nitrogens with zero attached hydrogens (tertiary/aromatic N) is 2. The summed E-state index contributed by atoms with van der Waals surface area (Å²) in [5.41, 5.74) is 0.388. The lowest BCUT2D eigenvalue weighted by atomic mass is 9.73. The fraction of sp³-hybridized carbons (Fsp3) is 0.429. The predicted molar refractivity (Wildman–Crippen MR) is 80.6 cm³/mol. The third-order valence-corrected chi connectivity index (χ3v) is 4.94. The monoisotopic (exact) mass is 321 g/mol. The minimum atomic E-state index is -0.927. The molecule has 7 nitrogen and oxygen atoms in total. The van der Waals surface area contributed by atoms with Crippen LogP contribution < -0.4 is 5.56 Å². The maximum absolute atomic E-state index is 12.3. The number of H-pyrrole nitrogens is 1. The predicted octanol–water partition coefficient (Wildman–Crippen LogP) is 1.05. The van der Waals surface area contributed by atoms with E-state index in [1.165, 1.54) is 16.2 Å². The highest BCUT2D eigenvalue weighted by molar-refractivity contribution is 7.17. The second kappa shape index (κ2) is 5.53. The van der Waals surface area contributed by atoms with Gasteiger partial charge in [0, 0.05) is 7.05 Å². The number of nitrogens with one attached hydrogen (secondary N) is 1. The Bertz CT molecular complexity index is 797. The van der Waals surface area contributed by atoms with Gasteiger partial charge in [0.1, 0.15) is 10.5 Å². The van der Waals surface area contributed by atoms with Gasteiger partial charge < -0.3 is 15.0 Å². The number of carboxylic acids is 1. The molecule has 2 aromatic heterocycles. The van der Waals surface area contributed by atoms with Crippen molar-refractivity contribution < 1.29 is 14.7 Å². The maximum atomic E-state index is 12.3. The zero-order valence-corrected chi connectivity index (χ0v) is 12.7. The summed E-state index contributed by atoms with van der Waals surface area (Å²) in [5, 5.41) is 10.8. The molecular weight excluding hydrogens is 306 g/mol. The van der Waals surface area contributed by atoms with E-state index in [9.17, 15) is 14.4 Å². The van der Waals surface area contributed by atoms with Crippen LogP contribution in [-0.2, 0) is 16.1 Å². The molecule has 0 aliphatic heterocycles. The van der Waals surface area contributed by atoms with Crippen LogP contribution in [0.5, 0.6) is 0 Å². The smallest absolute Gasteiger partial charge is 0.307 e. The number of amides is 1. The number of fused-ring (bicyclic) bond motifs is 1. The molecule has 0 saturated heterocycles. The molecule has 8 heteroatoms. The lowest BCUT2D eigenvalue weighted by Crippen LogP contribution is -2.44. The number of thiophene rings is 1. The largest absolute Gasteiger partial charge is 0.481 e. The number of aromatic nitrogens is 2. The molecule has 0 aromatic carbocycles. The first-order chi connectivity index (χ1) is 10.5. The molecule has 1 fully saturated rings. The van der Waals surface area contributed by atoms with Gasteiger partial charge in [-0.2, -0.15) is 0 Å². The third-order valence-electron chi connectivity index (χ3n) is 4.04. The van der Waals surface area contributed by atoms with Gasteiger partial charge >= 0.3 is 5.97 Å². The Kier molecular flexibility index (Phi) is 3.69. The SMILES string of the molecule is CN(Cc1nc2ccsc2c(=O)[nH]1)C(=O)C1CCC1C(=O)O. The second-order valence-electron chi connectivity index (χ2n) is 5.47. The molecule has 0 spiro atoms. The Balaban J connectivity index is 1.75. The molecule has 3 rings (SSSR count). The Morgan fingerprint density at radius 2 is 2.18 bits per heavy atom. The number of carbonyl (C=O) groups is 2. The van der Waals surface area contributed by atoms with E-state index >= 15 is 0 Å². The molecule has 1 aliphatic carbocycles. The molecule has 2 heterocycles. The average molecular weight is 321 g/mol. The molecule has 2 atom stereocenters. The van der Waals surface area contributed by atoms with E-state index < -0.39 is 17.8 Å². The minimum Gasteiger partial charge on any atom is -0.481 e. The van der Waals surface area contributed by atoms with Crippen LogP contribution >= 0.6 is 11.3 Å². The number of carbonyl (C=O) groups excluding carboxylic acids is 1. The summed E-state index contributed by atoms with van der Waals surface area (Å²) < 4.78 is 0.558. The Hall–Kier alpha value is -2.22. The molecule has 0 bridgehead atoms. The highest BCUT2D eigenvalue weighted by atomic mass is 32.1. The third kappa shape index (κ3) is 2.50. The minimum absolute atomic E-state index is 0.155. The first kappa shape index (κ1) is 14.7. The summed E-state index contributed by atoms with van der Waals surface area (Å²) in [5.74, 6) is -1.81. The van der Waals surface area contributed by atoms with Crippen molar-refractivity contribution >= 4 is 33.4 Å². The zero-order valence-electron chi connectivity index (χ0n) is 11.9. The first-order valence-corrected chi connectivity index (χ1v) is 7.79. The van der Waals surface area contributed by atoms with Crippen LogP contribution in [0.3, 0.4) is 0 Å². The molecule has 2 N–H and O–H groups in total. The van der Waals surface area contributed by atoms with Gasteiger partial charge in [-0.25, -0.2) is 4.98 Å². The van der Waals surface area contributed by atoms with Crippen molar-refractivity contribution in [3.63, 3.8) is 0 Å². The molecule has 1 amide bonds. The van der Waals surface area contributed by atoms with E-state index in [0.29, 0.717) is 28.9 Å². The summed E-state index contributed by atoms with van der Waals surface area (Å²) in [6.07, 6.45) is 1.13. The zero-order chi connectivity index (χ0) is 15.9. The van der Waals surface area contributed by atoms with E-state index in [2.05, 4.69) is 9.97 Å². The van der Waals surface area contributed by atoms with Gasteiger partial charge in [0.25, 0.3) is 5.56 Å². The van der Waals surface area contributed by atoms with Crippen LogP contribution in [0.2, 0.25) is 0 Å². The van der Waals surface area contributed by atoms with Gasteiger partial charge in [-0.15, -0.1) is 11.3 Å². The van der Waals surface area contributed by atoms with Crippen LogP contribution in [0.1, 0.15) is 18.7 Å². The van der Waals surface area contributed by atoms with Crippen LogP contribution in [0.15, 0.2) is 16.2 Å². The van der Waals surface area contributed by atoms with Gasteiger partial charge in [-0.1, -0.05) is 0 Å². The highest BCUT2D eigenvalue weighted by Crippen LogP contribution is 2.35. The van der Waals surface area contributed by atoms with E-state index in [-0.39, 0.29) is 18.0 Å². The van der Waals surface area contributed by atoms with Crippen LogP contribution in [0.4, 0.5) is 0 Å². The van der Waals surface area contributed by atoms with E-state index in [1.807, 2.05) is 0 Å². The molecular formula is C14H15N3O4S. The van der Waals surface area contributed by atoms with Gasteiger partial charge in [0.05, 0.1) is 23.9 Å². The summed E-state index contributed by atoms with van der Waals surface area (Å²) in [7, 11) is 1.59. The van der Waals surface area contributed by atoms with E-state index in [0.717, 1.165) is 0 Å². The number of rotatable bonds is 4. The fourth-order valence-electron chi connectivity index (χ4n) is 2.67. The van der Waals surface area contributed by atoms with Gasteiger partial charge in [0.2, 0.25) is 5.91 Å². The van der Waals surface area contributed by atoms with Crippen molar-refractivity contribution in [2.75, 3.05) is 7.05 Å². The molecule has 1 aliphatic rings. The average Bonchev–Trinajstić information content (AvgIpc) is 2.85. The summed E-state index contributed by atoms with van der Waals surface area (Å²) in [4.78, 5) is 43.6. The van der Waals surface area contributed by atoms with Crippen LogP contribution in [0.25, 0.3) is 10.2 Å². The van der Waals surface area contributed by atoms with Crippen molar-refractivity contribution in [1.82, 2.24) is 14.9 Å². The summed E-state index contributed by atoms with van der Waals surface area (Å²) in [6.45, 7) is 0.155. The number of carboxylic acid groups (broad SMARTS) is 1. The standard InChI is InChI=1S/C14H15N3O4S/c1-17(13(19)7-2-3-8(7)14(20)21)6-10-15-9-4-5-22-11(9)12(18)16-10/h4-5,7-8H,2-3,6H2,1H3,(H,20,21)(H,15,16,18). The maximum Gasteiger partial charge on any atom is 0.307 e. The van der Waals surface area contributed by atoms with Crippen LogP contribution in [-0.4, -0.2) is 38.9 Å². The Labute approximate surface area is 129 Å². The summed E-state index contributed by atoms with van der Waals surface area (Å²) in [6, 6.07) is 1.76. The number of hydrogen-bond acceptors (Lipinski definition) is 5. The number of aliphatic carboxylic acids is 1. The van der Waals surface area contributed by atoms with Crippen molar-refractivity contribution in [2.24, 2.45) is 11.8 Å². The summed E-state index contributed by atoms with van der Waals surface area (Å²) >= 11 is 1.32. The van der Waals surface area contributed by atoms with E-state index in [1.54, 1.807) is 18.5 Å². The highest BCUT2D eigenvalue weighted by Gasteiger charge is 2.42. The van der Waals surface area contributed by atoms with Crippen molar-refractivity contribution in [2.45, 2.75) is 19.4 Å². The number of hydrogen-bond donors (Lipinski definition) is 2. The molecule has 116 valence electrons. The normalized spacial score (nSPS) is 20.6. The van der Waals surface area contributed by atoms with Crippen LogP contribution in [0, 0.1) is 11.8 Å². The van der Waals surface area contributed by atoms with Crippen molar-refractivity contribution in [3.05, 3.63) is 27.6 Å². The van der Waals surface area contributed by atoms with Crippen molar-refractivity contribution in [3.8, 4) is 0 Å². The molecule has 1 saturated carbocycles. The number of aromatic amines is 1. The van der Waals surface area contributed by atoms with Gasteiger partial charge in [-0.05, 0) is 24.3 Å². The topological polar surface area (TPSA) is 103 Å². The molecule has 22 heavy (non-hydrogen) atoms. The molecule has 2 unspecified atom stereocenters. The Morgan fingerprint density at radius 3 is 2.82 bits per heavy atom.